The molecule has 4 aliphatic heterocycles. The van der Waals surface area contributed by atoms with Crippen molar-refractivity contribution in [2.75, 3.05) is 6.61 Å². The number of aliphatic hydroxyl groups excluding tert-OH is 2. The highest BCUT2D eigenvalue weighted by molar-refractivity contribution is 14.1. The number of carbonyl (C=O) groups is 2. The van der Waals surface area contributed by atoms with Crippen molar-refractivity contribution in [3.8, 4) is 0 Å². The largest absolute Gasteiger partial charge is 0.443 e. The summed E-state index contributed by atoms with van der Waals surface area (Å²) in [5.74, 6) is 0. The van der Waals surface area contributed by atoms with Gasteiger partial charge in [-0.25, -0.2) is 28.8 Å². The maximum absolute atomic E-state index is 13.2. The minimum Gasteiger partial charge on any atom is -0.443 e. The van der Waals surface area contributed by atoms with E-state index >= 15 is 0 Å². The fourth-order valence-electron chi connectivity index (χ4n) is 12.5. The Balaban J connectivity index is 0.000000243. The van der Waals surface area contributed by atoms with Crippen molar-refractivity contribution in [2.45, 2.75) is 348 Å². The number of aryl methyl sites for hydroxylation is 2. The molecule has 0 spiro atoms. The van der Waals surface area contributed by atoms with Crippen LogP contribution in [-0.2, 0) is 58.4 Å². The molecule has 4 N–H and O–H groups in total. The van der Waals surface area contributed by atoms with E-state index in [4.69, 9.17) is 46.4 Å². The van der Waals surface area contributed by atoms with Crippen molar-refractivity contribution in [3.05, 3.63) is 168 Å². The lowest BCUT2D eigenvalue weighted by Crippen LogP contribution is -2.47. The van der Waals surface area contributed by atoms with E-state index in [0.29, 0.717) is 43.1 Å². The number of benzene rings is 1. The van der Waals surface area contributed by atoms with Crippen LogP contribution in [0.25, 0.3) is 0 Å². The molecular formula is C79H125BrIN9O24Si3. The highest BCUT2D eigenvalue weighted by Gasteiger charge is 2.49. The summed E-state index contributed by atoms with van der Waals surface area (Å²) in [7, 11) is -6.02. The number of alkyl halides is 1. The summed E-state index contributed by atoms with van der Waals surface area (Å²) in [6.07, 6.45) is 1.95. The molecule has 9 rings (SSSR count). The Morgan fingerprint density at radius 3 is 1.32 bits per heavy atom. The van der Waals surface area contributed by atoms with E-state index in [0.717, 1.165) is 23.8 Å². The highest BCUT2D eigenvalue weighted by Crippen LogP contribution is 2.45. The highest BCUT2D eigenvalue weighted by atomic mass is 127. The van der Waals surface area contributed by atoms with Gasteiger partial charge in [0.15, 0.2) is 25.0 Å². The Morgan fingerprint density at radius 1 is 0.573 bits per heavy atom. The molecular weight excluding hydrogens is 1750 g/mol. The van der Waals surface area contributed by atoms with Crippen molar-refractivity contribution < 1.29 is 71.2 Å². The van der Waals surface area contributed by atoms with Crippen LogP contribution in [0.2, 0.25) is 54.4 Å². The quantitative estimate of drug-likeness (QED) is 0.0185. The van der Waals surface area contributed by atoms with E-state index in [1.54, 1.807) is 80.6 Å². The molecule has 4 aromatic heterocycles. The molecule has 1 aromatic carbocycles. The standard InChI is InChI=1S/C22H37BrN2O6Si.C22H38N2O6Si.C18H20IN3O8.C17H30N2O4Si/c1-10-15-16(31-32(8,9)22(5,6)7)11-17(29-15)24-13-14(12-23)18(26)25(19(24)27)20(28)30-21(2,3)4;1-11-15-16(30-31(9,10)22(6,7)8)12-17(28-15)23-13-14(2)18(25)24(19(23)26)20(27)29-21(3,4)5;1-9(12-3-2-11(19)4-13(12)22(27)28)29-8-10-6-21(18(26)20-17(10)25)16-5-14(24)15(7-23)30-16;1-8-12-13(23-24(6,7)17(3,4)5)9-14(22-12)19-10-11(2)15(20)18-16(19)21/h13,15-17H,10-12H2,1-9H3;13,15-17H,11-12H2,1-10H3;2-4,6,9,14-16,23-24H,5,7-8H2,1H3,(H,20,25,26);10,12-14H,8-9H2,1-7H3,(H,18,20,21)/t2*15-,16?,17-;9?,14?,15-,16-;12-,13?,14-/m1111/s1. The van der Waals surface area contributed by atoms with Crippen LogP contribution in [0, 0.1) is 27.5 Å². The van der Waals surface area contributed by atoms with E-state index in [-0.39, 0.29) is 98.0 Å². The molecule has 5 unspecified atom stereocenters. The minimum atomic E-state index is -2.06. The van der Waals surface area contributed by atoms with Gasteiger partial charge in [-0.15, -0.1) is 0 Å². The lowest BCUT2D eigenvalue weighted by Gasteiger charge is -2.39. The fourth-order valence-corrected chi connectivity index (χ4v) is 17.5. The number of nitrogens with zero attached hydrogens (tertiary/aromatic N) is 7. The molecule has 5 aromatic rings. The molecule has 0 bridgehead atoms. The zero-order valence-electron chi connectivity index (χ0n) is 72.9. The molecule has 8 heterocycles. The molecule has 117 heavy (non-hydrogen) atoms. The first kappa shape index (κ1) is 99.6. The Labute approximate surface area is 707 Å². The van der Waals surface area contributed by atoms with Crippen LogP contribution >= 0.6 is 38.5 Å². The maximum atomic E-state index is 13.2. The smallest absolute Gasteiger partial charge is 0.425 e. The van der Waals surface area contributed by atoms with Crippen LogP contribution in [0.1, 0.15) is 235 Å². The Hall–Kier alpha value is -6.26. The van der Waals surface area contributed by atoms with Crippen LogP contribution in [0.5, 0.6) is 0 Å². The van der Waals surface area contributed by atoms with Gasteiger partial charge in [0.2, 0.25) is 0 Å². The number of nitro groups is 1. The van der Waals surface area contributed by atoms with Gasteiger partial charge in [-0.05, 0) is 171 Å². The number of nitro benzene ring substituents is 1. The summed E-state index contributed by atoms with van der Waals surface area (Å²) in [5.41, 5.74) is -5.36. The van der Waals surface area contributed by atoms with E-state index in [9.17, 15) is 68.3 Å². The summed E-state index contributed by atoms with van der Waals surface area (Å²) in [5, 5.41) is 30.8. The van der Waals surface area contributed by atoms with Crippen molar-refractivity contribution in [2.24, 2.45) is 0 Å². The number of aromatic nitrogens is 8. The second kappa shape index (κ2) is 39.3. The first-order valence-corrected chi connectivity index (χ1v) is 50.5. The molecule has 4 fully saturated rings. The van der Waals surface area contributed by atoms with Gasteiger partial charge in [-0.1, -0.05) is 99.0 Å². The Morgan fingerprint density at radius 2 is 0.940 bits per heavy atom. The third kappa shape index (κ3) is 25.0. The van der Waals surface area contributed by atoms with E-state index in [1.165, 1.54) is 38.4 Å². The molecule has 38 heteroatoms. The number of aliphatic hydroxyl groups is 2. The molecule has 0 radical (unpaired) electrons. The summed E-state index contributed by atoms with van der Waals surface area (Å²) in [4.78, 5) is 140. The molecule has 33 nitrogen and oxygen atoms in total. The van der Waals surface area contributed by atoms with Crippen LogP contribution in [0.4, 0.5) is 15.3 Å². The molecule has 0 amide bonds. The zero-order valence-corrected chi connectivity index (χ0v) is 79.6. The van der Waals surface area contributed by atoms with Gasteiger partial charge in [0.25, 0.3) is 27.9 Å². The zero-order chi connectivity index (χ0) is 88.9. The molecule has 656 valence electrons. The number of halogens is 2. The lowest BCUT2D eigenvalue weighted by molar-refractivity contribution is -0.386. The SMILES string of the molecule is CC(OCc1cn([C@H]2CC(O)[C@@H](CO)O2)c(=O)[nH]c1=O)c1ccc(I)cc1[N+](=O)[O-].CC[C@H]1O[C@@H](n2cc(C)c(=O)[nH]c2=O)CC1O[Si](C)(C)C(C)(C)C.CC[C@H]1O[C@@H](n2cc(C)c(=O)n(C(=O)OC(C)(C)C)c2=O)CC1O[Si](C)(C)C(C)(C)C.CC[C@H]1O[C@@H](n2cc(CBr)c(=O)n(C(=O)OC(C)(C)C)c2=O)CC1O[Si](C)(C)C(C)(C)C. The van der Waals surface area contributed by atoms with Crippen LogP contribution < -0.4 is 45.0 Å². The predicted octanol–water partition coefficient (Wildman–Crippen LogP) is 12.9. The summed E-state index contributed by atoms with van der Waals surface area (Å²) >= 11 is 5.25. The van der Waals surface area contributed by atoms with Crippen molar-refractivity contribution in [1.29, 1.82) is 0 Å². The van der Waals surface area contributed by atoms with Gasteiger partial charge in [0.1, 0.15) is 42.2 Å². The number of nitrogens with one attached hydrogen (secondary N) is 2. The molecule has 4 aliphatic rings. The third-order valence-electron chi connectivity index (χ3n) is 22.2. The van der Waals surface area contributed by atoms with E-state index in [1.807, 2.05) is 36.4 Å². The van der Waals surface area contributed by atoms with Gasteiger partial charge in [0.05, 0.1) is 78.1 Å². The summed E-state index contributed by atoms with van der Waals surface area (Å²) < 4.78 is 67.0. The minimum absolute atomic E-state index is 0.0278. The van der Waals surface area contributed by atoms with Gasteiger partial charge in [-0.3, -0.25) is 57.5 Å². The van der Waals surface area contributed by atoms with Gasteiger partial charge in [0, 0.05) is 82.1 Å². The summed E-state index contributed by atoms with van der Waals surface area (Å²) in [6, 6.07) is 4.75. The number of aromatic amines is 2. The Kier molecular flexibility index (Phi) is 33.4. The molecule has 13 atom stereocenters. The van der Waals surface area contributed by atoms with Crippen LogP contribution in [0.15, 0.2) is 81.3 Å². The van der Waals surface area contributed by atoms with E-state index < -0.39 is 143 Å². The first-order chi connectivity index (χ1) is 53.7. The number of hydrogen-bond donors (Lipinski definition) is 4. The number of ether oxygens (including phenoxy) is 7. The average molecular weight is 1880 g/mol. The normalized spacial score (nSPS) is 22.9. The lowest BCUT2D eigenvalue weighted by atomic mass is 10.1. The van der Waals surface area contributed by atoms with Crippen molar-refractivity contribution >= 4 is 81.3 Å². The summed E-state index contributed by atoms with van der Waals surface area (Å²) in [6.45, 7) is 53.3. The van der Waals surface area contributed by atoms with Gasteiger partial charge >= 0.3 is 34.9 Å². The van der Waals surface area contributed by atoms with Crippen LogP contribution in [-0.4, -0.2) is 156 Å². The average Bonchev–Trinajstić information content (AvgIpc) is 1.71. The maximum Gasteiger partial charge on any atom is 0.425 e. The topological polar surface area (TPSA) is 408 Å². The van der Waals surface area contributed by atoms with Gasteiger partial charge < -0.3 is 56.6 Å². The van der Waals surface area contributed by atoms with Crippen LogP contribution in [0.3, 0.4) is 0 Å². The predicted molar refractivity (Wildman–Crippen MR) is 461 cm³/mol. The number of rotatable bonds is 20. The number of H-pyrrole nitrogens is 2. The number of hydrogen-bond acceptors (Lipinski definition) is 24. The van der Waals surface area contributed by atoms with Gasteiger partial charge in [-0.2, -0.15) is 9.13 Å². The monoisotopic (exact) mass is 1870 g/mol. The first-order valence-electron chi connectivity index (χ1n) is 39.6. The molecule has 0 aliphatic carbocycles. The van der Waals surface area contributed by atoms with Crippen molar-refractivity contribution in [3.63, 3.8) is 0 Å². The van der Waals surface area contributed by atoms with Crippen molar-refractivity contribution in [1.82, 2.24) is 37.4 Å². The number of carbonyl (C=O) groups excluding carboxylic acids is 2. The fraction of sp³-hybridized carbons (Fsp3) is 0.696. The van der Waals surface area contributed by atoms with E-state index in [2.05, 4.69) is 134 Å². The third-order valence-corrected chi connectivity index (χ3v) is 37.0. The second-order valence-corrected chi connectivity index (χ2v) is 52.7. The molecule has 0 saturated carbocycles. The Bertz CT molecular complexity index is 4840. The second-order valence-electron chi connectivity index (χ2n) is 36.6. The molecule has 4 saturated heterocycles.